The number of amides is 2. The van der Waals surface area contributed by atoms with Crippen molar-refractivity contribution < 1.29 is 19.1 Å². The number of nitrogens with zero attached hydrogens (tertiary/aromatic N) is 2. The summed E-state index contributed by atoms with van der Waals surface area (Å²) in [6.07, 6.45) is 7.64. The van der Waals surface area contributed by atoms with E-state index in [-0.39, 0.29) is 40.9 Å². The molecule has 0 saturated carbocycles. The molecular weight excluding hydrogens is 620 g/mol. The maximum absolute atomic E-state index is 13.5. The number of benzene rings is 1. The number of halogens is 1. The zero-order valence-corrected chi connectivity index (χ0v) is 30.9. The molecule has 1 aromatic heterocycles. The van der Waals surface area contributed by atoms with Gasteiger partial charge in [0.25, 0.3) is 5.91 Å². The summed E-state index contributed by atoms with van der Waals surface area (Å²) in [6, 6.07) is 5.25. The number of nitrogens with one attached hydrogen (secondary N) is 1. The summed E-state index contributed by atoms with van der Waals surface area (Å²) in [4.78, 5) is 46.0. The van der Waals surface area contributed by atoms with Gasteiger partial charge in [0.15, 0.2) is 6.10 Å². The molecule has 0 saturated heterocycles. The number of hydrogen-bond acceptors (Lipinski definition) is 7. The lowest BCUT2D eigenvalue weighted by atomic mass is 9.85. The molecule has 0 bridgehead atoms. The lowest BCUT2D eigenvalue weighted by molar-refractivity contribution is -0.148. The number of rotatable bonds is 19. The third-order valence-corrected chi connectivity index (χ3v) is 9.29. The van der Waals surface area contributed by atoms with E-state index in [1.807, 2.05) is 17.0 Å². The van der Waals surface area contributed by atoms with Gasteiger partial charge in [-0.3, -0.25) is 14.4 Å². The van der Waals surface area contributed by atoms with E-state index in [0.717, 1.165) is 50.5 Å². The molecule has 0 radical (unpaired) electrons. The van der Waals surface area contributed by atoms with Gasteiger partial charge in [-0.25, -0.2) is 4.98 Å². The standard InChI is InChI=1S/C36H57ClN4O4S/c1-9-11-13-14-18-41(33(43)15-12-10-2)31(24(3)4)21-32(45-25(5)42)35-40-30(23-46-35)34(44)39-27(22-36(6,7)8)19-26-16-17-29(38)28(37)20-26/h16-17,20,23-24,27,31-32H,9-15,18-19,21-22,38H2,1-8H3,(H,39,44). The second-order valence-corrected chi connectivity index (χ2v) is 15.3. The van der Waals surface area contributed by atoms with Crippen molar-refractivity contribution in [2.45, 2.75) is 138 Å². The molecule has 0 aliphatic rings. The third kappa shape index (κ3) is 13.6. The molecule has 0 fully saturated rings. The molecule has 0 aliphatic carbocycles. The molecule has 1 aromatic carbocycles. The van der Waals surface area contributed by atoms with Crippen LogP contribution in [0.2, 0.25) is 5.02 Å². The first-order valence-electron chi connectivity index (χ1n) is 16.9. The summed E-state index contributed by atoms with van der Waals surface area (Å²) < 4.78 is 5.83. The topological polar surface area (TPSA) is 115 Å². The van der Waals surface area contributed by atoms with Crippen LogP contribution in [0.3, 0.4) is 0 Å². The van der Waals surface area contributed by atoms with E-state index in [2.05, 4.69) is 58.8 Å². The van der Waals surface area contributed by atoms with Crippen LogP contribution in [-0.4, -0.2) is 46.3 Å². The Morgan fingerprint density at radius 3 is 2.37 bits per heavy atom. The molecule has 10 heteroatoms. The number of ether oxygens (including phenoxy) is 1. The highest BCUT2D eigenvalue weighted by Gasteiger charge is 2.32. The number of anilines is 1. The maximum atomic E-state index is 13.5. The summed E-state index contributed by atoms with van der Waals surface area (Å²) in [7, 11) is 0. The minimum absolute atomic E-state index is 0.0357. The molecule has 3 atom stereocenters. The predicted octanol–water partition coefficient (Wildman–Crippen LogP) is 8.77. The Bertz CT molecular complexity index is 1260. The SMILES string of the molecule is CCCCCCN(C(=O)CCCC)C(CC(OC(C)=O)c1nc(C(=O)NC(Cc2ccc(N)c(Cl)c2)CC(C)(C)C)cs1)C(C)C. The fourth-order valence-electron chi connectivity index (χ4n) is 5.73. The molecule has 258 valence electrons. The van der Waals surface area contributed by atoms with Gasteiger partial charge in [0.1, 0.15) is 10.7 Å². The van der Waals surface area contributed by atoms with Crippen LogP contribution in [0.1, 0.15) is 140 Å². The Labute approximate surface area is 286 Å². The van der Waals surface area contributed by atoms with E-state index in [1.54, 1.807) is 11.4 Å². The summed E-state index contributed by atoms with van der Waals surface area (Å²) in [5.41, 5.74) is 7.65. The molecule has 0 spiro atoms. The van der Waals surface area contributed by atoms with Crippen molar-refractivity contribution in [3.8, 4) is 0 Å². The Morgan fingerprint density at radius 1 is 1.09 bits per heavy atom. The lowest BCUT2D eigenvalue weighted by Gasteiger charge is -2.36. The number of nitrogens with two attached hydrogens (primary N) is 1. The molecule has 2 rings (SSSR count). The zero-order valence-electron chi connectivity index (χ0n) is 29.3. The largest absolute Gasteiger partial charge is 0.455 e. The van der Waals surface area contributed by atoms with Crippen LogP contribution < -0.4 is 11.1 Å². The van der Waals surface area contributed by atoms with Crippen LogP contribution in [0.25, 0.3) is 0 Å². The van der Waals surface area contributed by atoms with E-state index in [1.165, 1.54) is 18.3 Å². The lowest BCUT2D eigenvalue weighted by Crippen LogP contribution is -2.45. The average molecular weight is 677 g/mol. The highest BCUT2D eigenvalue weighted by molar-refractivity contribution is 7.09. The normalized spacial score (nSPS) is 13.7. The molecular formula is C36H57ClN4O4S. The fraction of sp³-hybridized carbons (Fsp3) is 0.667. The Morgan fingerprint density at radius 2 is 1.78 bits per heavy atom. The van der Waals surface area contributed by atoms with E-state index >= 15 is 0 Å². The van der Waals surface area contributed by atoms with Gasteiger partial charge in [0.2, 0.25) is 5.91 Å². The van der Waals surface area contributed by atoms with Gasteiger partial charge in [0, 0.05) is 43.8 Å². The fourth-order valence-corrected chi connectivity index (χ4v) is 6.77. The first-order chi connectivity index (χ1) is 21.6. The monoisotopic (exact) mass is 676 g/mol. The zero-order chi connectivity index (χ0) is 34.4. The number of esters is 1. The molecule has 46 heavy (non-hydrogen) atoms. The van der Waals surface area contributed by atoms with Crippen molar-refractivity contribution in [1.29, 1.82) is 0 Å². The van der Waals surface area contributed by atoms with Crippen molar-refractivity contribution in [2.75, 3.05) is 12.3 Å². The third-order valence-electron chi connectivity index (χ3n) is 8.02. The van der Waals surface area contributed by atoms with Crippen molar-refractivity contribution in [3.05, 3.63) is 44.9 Å². The number of thiazole rings is 1. The quantitative estimate of drug-likeness (QED) is 0.0873. The van der Waals surface area contributed by atoms with Gasteiger partial charge in [-0.15, -0.1) is 11.3 Å². The number of aromatic nitrogens is 1. The minimum Gasteiger partial charge on any atom is -0.455 e. The predicted molar refractivity (Wildman–Crippen MR) is 190 cm³/mol. The van der Waals surface area contributed by atoms with Crippen molar-refractivity contribution in [3.63, 3.8) is 0 Å². The minimum atomic E-state index is -0.671. The van der Waals surface area contributed by atoms with Gasteiger partial charge < -0.3 is 20.7 Å². The Hall–Kier alpha value is -2.65. The van der Waals surface area contributed by atoms with Crippen LogP contribution in [0.5, 0.6) is 0 Å². The van der Waals surface area contributed by atoms with Gasteiger partial charge in [-0.1, -0.05) is 91.8 Å². The number of carbonyl (C=O) groups is 3. The van der Waals surface area contributed by atoms with E-state index in [9.17, 15) is 14.4 Å². The Balaban J connectivity index is 2.31. The number of unbranched alkanes of at least 4 members (excludes halogenated alkanes) is 4. The van der Waals surface area contributed by atoms with Crippen molar-refractivity contribution >= 4 is 46.4 Å². The van der Waals surface area contributed by atoms with Crippen LogP contribution in [0.4, 0.5) is 5.69 Å². The number of hydrogen-bond donors (Lipinski definition) is 2. The van der Waals surface area contributed by atoms with E-state index < -0.39 is 12.1 Å². The molecule has 3 unspecified atom stereocenters. The Kier molecular flexibility index (Phi) is 16.5. The van der Waals surface area contributed by atoms with Gasteiger partial charge in [0.05, 0.1) is 10.7 Å². The van der Waals surface area contributed by atoms with Crippen LogP contribution in [0.15, 0.2) is 23.6 Å². The van der Waals surface area contributed by atoms with Gasteiger partial charge in [-0.05, 0) is 54.7 Å². The van der Waals surface area contributed by atoms with Crippen molar-refractivity contribution in [1.82, 2.24) is 15.2 Å². The number of carbonyl (C=O) groups excluding carboxylic acids is 3. The summed E-state index contributed by atoms with van der Waals surface area (Å²) in [5, 5.41) is 5.94. The van der Waals surface area contributed by atoms with Gasteiger partial charge in [-0.2, -0.15) is 0 Å². The summed E-state index contributed by atoms with van der Waals surface area (Å²) in [5.74, 6) is -0.428. The van der Waals surface area contributed by atoms with Crippen LogP contribution >= 0.6 is 22.9 Å². The molecule has 2 amide bonds. The molecule has 0 aliphatic heterocycles. The molecule has 8 nitrogen and oxygen atoms in total. The summed E-state index contributed by atoms with van der Waals surface area (Å²) >= 11 is 7.58. The molecule has 1 heterocycles. The van der Waals surface area contributed by atoms with E-state index in [0.29, 0.717) is 41.5 Å². The maximum Gasteiger partial charge on any atom is 0.303 e. The first kappa shape index (κ1) is 39.5. The van der Waals surface area contributed by atoms with Crippen LogP contribution in [0, 0.1) is 11.3 Å². The van der Waals surface area contributed by atoms with Crippen LogP contribution in [-0.2, 0) is 20.7 Å². The highest BCUT2D eigenvalue weighted by atomic mass is 35.5. The van der Waals surface area contributed by atoms with Crippen molar-refractivity contribution in [2.24, 2.45) is 11.3 Å². The smallest absolute Gasteiger partial charge is 0.303 e. The van der Waals surface area contributed by atoms with Gasteiger partial charge >= 0.3 is 5.97 Å². The molecule has 3 N–H and O–H groups in total. The first-order valence-corrected chi connectivity index (χ1v) is 18.2. The highest BCUT2D eigenvalue weighted by Crippen LogP contribution is 2.32. The number of nitrogen functional groups attached to an aromatic ring is 1. The average Bonchev–Trinajstić information content (AvgIpc) is 3.46. The van der Waals surface area contributed by atoms with E-state index in [4.69, 9.17) is 22.1 Å². The second-order valence-electron chi connectivity index (χ2n) is 14.0. The second kappa shape index (κ2) is 19.2. The summed E-state index contributed by atoms with van der Waals surface area (Å²) in [6.45, 7) is 16.9. The molecule has 2 aromatic rings.